The molecular weight excluding hydrogens is 368 g/mol. The van der Waals surface area contributed by atoms with Crippen molar-refractivity contribution in [1.82, 2.24) is 4.57 Å². The minimum Gasteiger partial charge on any atom is -0.493 e. The maximum absolute atomic E-state index is 12.9. The quantitative estimate of drug-likeness (QED) is 0.792. The summed E-state index contributed by atoms with van der Waals surface area (Å²) in [5, 5.41) is 28.5. The number of azo groups is 1. The zero-order chi connectivity index (χ0) is 19.6. The van der Waals surface area contributed by atoms with E-state index in [1.807, 2.05) is 13.0 Å². The summed E-state index contributed by atoms with van der Waals surface area (Å²) in [6.07, 6.45) is 1.52. The van der Waals surface area contributed by atoms with E-state index in [1.54, 1.807) is 25.1 Å². The van der Waals surface area contributed by atoms with Gasteiger partial charge in [0.25, 0.3) is 5.56 Å². The van der Waals surface area contributed by atoms with Crippen molar-refractivity contribution in [3.05, 3.63) is 50.3 Å². The average molecular weight is 387 g/mol. The zero-order valence-corrected chi connectivity index (χ0v) is 15.8. The third-order valence-electron chi connectivity index (χ3n) is 4.60. The number of rotatable bonds is 4. The summed E-state index contributed by atoms with van der Waals surface area (Å²) in [4.78, 5) is 12.9. The fourth-order valence-electron chi connectivity index (χ4n) is 2.97. The van der Waals surface area contributed by atoms with E-state index in [9.17, 15) is 15.2 Å². The second-order valence-corrected chi connectivity index (χ2v) is 6.88. The Kier molecular flexibility index (Phi) is 5.59. The Hall–Kier alpha value is -2.69. The lowest BCUT2D eigenvalue weighted by atomic mass is 10.1. The molecular formula is C19H19ClN4O3. The number of aromatic nitrogens is 1. The molecule has 1 aromatic heterocycles. The third-order valence-corrected chi connectivity index (χ3v) is 5.01. The topological polar surface area (TPSA) is 100.0 Å². The van der Waals surface area contributed by atoms with Gasteiger partial charge in [0.05, 0.1) is 18.3 Å². The highest BCUT2D eigenvalue weighted by molar-refractivity contribution is 6.31. The van der Waals surface area contributed by atoms with E-state index >= 15 is 0 Å². The van der Waals surface area contributed by atoms with Gasteiger partial charge in [0.15, 0.2) is 5.69 Å². The molecule has 0 amide bonds. The van der Waals surface area contributed by atoms with Crippen LogP contribution >= 0.6 is 11.6 Å². The molecule has 140 valence electrons. The van der Waals surface area contributed by atoms with Crippen LogP contribution in [0.5, 0.6) is 5.88 Å². The van der Waals surface area contributed by atoms with Crippen molar-refractivity contribution in [2.45, 2.75) is 39.3 Å². The van der Waals surface area contributed by atoms with Crippen LogP contribution in [0.3, 0.4) is 0 Å². The number of benzene rings is 1. The summed E-state index contributed by atoms with van der Waals surface area (Å²) in [5.74, 6) is -0.368. The summed E-state index contributed by atoms with van der Waals surface area (Å²) in [5.41, 5.74) is 1.18. The Balaban J connectivity index is 2.05. The van der Waals surface area contributed by atoms with E-state index in [-0.39, 0.29) is 35.3 Å². The molecule has 1 unspecified atom stereocenters. The number of pyridine rings is 1. The molecule has 8 heteroatoms. The van der Waals surface area contributed by atoms with E-state index in [0.29, 0.717) is 17.3 Å². The van der Waals surface area contributed by atoms with E-state index < -0.39 is 5.56 Å². The van der Waals surface area contributed by atoms with Gasteiger partial charge in [-0.15, -0.1) is 5.11 Å². The van der Waals surface area contributed by atoms with Crippen LogP contribution in [0.25, 0.3) is 0 Å². The third kappa shape index (κ3) is 3.87. The van der Waals surface area contributed by atoms with Crippen molar-refractivity contribution < 1.29 is 9.84 Å². The Morgan fingerprint density at radius 2 is 2.19 bits per heavy atom. The van der Waals surface area contributed by atoms with Gasteiger partial charge in [-0.3, -0.25) is 9.36 Å². The molecule has 1 saturated heterocycles. The van der Waals surface area contributed by atoms with Crippen molar-refractivity contribution in [2.24, 2.45) is 10.2 Å². The minimum absolute atomic E-state index is 0.00323. The number of aromatic hydroxyl groups is 1. The van der Waals surface area contributed by atoms with Crippen LogP contribution in [0.15, 0.2) is 33.2 Å². The van der Waals surface area contributed by atoms with Crippen molar-refractivity contribution in [3.8, 4) is 11.9 Å². The van der Waals surface area contributed by atoms with Crippen LogP contribution < -0.4 is 5.56 Å². The van der Waals surface area contributed by atoms with Gasteiger partial charge in [-0.05, 0) is 44.4 Å². The van der Waals surface area contributed by atoms with Gasteiger partial charge < -0.3 is 9.84 Å². The molecule has 3 rings (SSSR count). The van der Waals surface area contributed by atoms with Crippen LogP contribution in [-0.4, -0.2) is 22.4 Å². The Bertz CT molecular complexity index is 1000. The molecule has 27 heavy (non-hydrogen) atoms. The normalized spacial score (nSPS) is 16.7. The molecule has 0 radical (unpaired) electrons. The van der Waals surface area contributed by atoms with E-state index in [4.69, 9.17) is 16.3 Å². The minimum atomic E-state index is -0.513. The van der Waals surface area contributed by atoms with Gasteiger partial charge >= 0.3 is 0 Å². The number of nitriles is 1. The van der Waals surface area contributed by atoms with Gasteiger partial charge in [-0.2, -0.15) is 10.4 Å². The first kappa shape index (κ1) is 19.1. The summed E-state index contributed by atoms with van der Waals surface area (Å²) >= 11 is 6.09. The van der Waals surface area contributed by atoms with Crippen molar-refractivity contribution >= 4 is 23.0 Å². The van der Waals surface area contributed by atoms with E-state index in [0.717, 1.165) is 23.0 Å². The van der Waals surface area contributed by atoms with Gasteiger partial charge in [0.1, 0.15) is 11.6 Å². The molecule has 2 heterocycles. The van der Waals surface area contributed by atoms with E-state index in [1.165, 1.54) is 0 Å². The summed E-state index contributed by atoms with van der Waals surface area (Å²) in [6, 6.07) is 7.12. The SMILES string of the molecule is Cc1ccc(N=Nc2c(C)c(C#N)c(O)n(CC3CCCO3)c2=O)cc1Cl. The second-order valence-electron chi connectivity index (χ2n) is 6.47. The Labute approximate surface area is 161 Å². The number of ether oxygens (including phenoxy) is 1. The Morgan fingerprint density at radius 1 is 1.41 bits per heavy atom. The second kappa shape index (κ2) is 7.91. The fraction of sp³-hybridized carbons (Fsp3) is 0.368. The van der Waals surface area contributed by atoms with Gasteiger partial charge in [0, 0.05) is 17.2 Å². The van der Waals surface area contributed by atoms with Gasteiger partial charge in [-0.1, -0.05) is 17.7 Å². The number of hydrogen-bond donors (Lipinski definition) is 1. The molecule has 1 aliphatic rings. The van der Waals surface area contributed by atoms with Crippen LogP contribution in [0.2, 0.25) is 5.02 Å². The maximum atomic E-state index is 12.9. The first-order valence-corrected chi connectivity index (χ1v) is 8.96. The first-order chi connectivity index (χ1) is 12.9. The largest absolute Gasteiger partial charge is 0.493 e. The molecule has 0 spiro atoms. The fourth-order valence-corrected chi connectivity index (χ4v) is 3.14. The number of nitrogens with zero attached hydrogens (tertiary/aromatic N) is 4. The zero-order valence-electron chi connectivity index (χ0n) is 15.1. The Morgan fingerprint density at radius 3 is 2.81 bits per heavy atom. The molecule has 1 fully saturated rings. The molecule has 2 aromatic rings. The van der Waals surface area contributed by atoms with Crippen molar-refractivity contribution in [2.75, 3.05) is 6.61 Å². The van der Waals surface area contributed by atoms with E-state index in [2.05, 4.69) is 10.2 Å². The lowest BCUT2D eigenvalue weighted by Crippen LogP contribution is -2.27. The molecule has 0 saturated carbocycles. The molecule has 1 aliphatic heterocycles. The monoisotopic (exact) mass is 386 g/mol. The molecule has 1 atom stereocenters. The molecule has 0 aliphatic carbocycles. The summed E-state index contributed by atoms with van der Waals surface area (Å²) in [7, 11) is 0. The highest BCUT2D eigenvalue weighted by Crippen LogP contribution is 2.29. The molecule has 0 bridgehead atoms. The maximum Gasteiger partial charge on any atom is 0.281 e. The summed E-state index contributed by atoms with van der Waals surface area (Å²) in [6.45, 7) is 4.22. The lowest BCUT2D eigenvalue weighted by Gasteiger charge is -2.16. The van der Waals surface area contributed by atoms with Crippen molar-refractivity contribution in [1.29, 1.82) is 5.26 Å². The van der Waals surface area contributed by atoms with Crippen LogP contribution in [0, 0.1) is 25.2 Å². The standard InChI is InChI=1S/C19H19ClN4O3/c1-11-5-6-13(8-16(11)20)22-23-17-12(2)15(9-21)18(25)24(19(17)26)10-14-4-3-7-27-14/h5-6,8,14,25H,3-4,7,10H2,1-2H3. The predicted molar refractivity (Wildman–Crippen MR) is 101 cm³/mol. The van der Waals surface area contributed by atoms with Gasteiger partial charge in [0.2, 0.25) is 5.88 Å². The molecule has 7 nitrogen and oxygen atoms in total. The summed E-state index contributed by atoms with van der Waals surface area (Å²) < 4.78 is 6.68. The lowest BCUT2D eigenvalue weighted by molar-refractivity contribution is 0.0939. The number of halogens is 1. The molecule has 1 N–H and O–H groups in total. The van der Waals surface area contributed by atoms with Crippen LogP contribution in [0.4, 0.5) is 11.4 Å². The average Bonchev–Trinajstić information content (AvgIpc) is 3.15. The van der Waals surface area contributed by atoms with Crippen LogP contribution in [-0.2, 0) is 11.3 Å². The highest BCUT2D eigenvalue weighted by Gasteiger charge is 2.23. The smallest absolute Gasteiger partial charge is 0.281 e. The number of hydrogen-bond acceptors (Lipinski definition) is 6. The predicted octanol–water partition coefficient (Wildman–Crippen LogP) is 4.29. The first-order valence-electron chi connectivity index (χ1n) is 8.58. The highest BCUT2D eigenvalue weighted by atomic mass is 35.5. The van der Waals surface area contributed by atoms with Crippen molar-refractivity contribution in [3.63, 3.8) is 0 Å². The van der Waals surface area contributed by atoms with Gasteiger partial charge in [-0.25, -0.2) is 0 Å². The molecule has 1 aromatic carbocycles. The number of aryl methyl sites for hydroxylation is 1. The van der Waals surface area contributed by atoms with Crippen LogP contribution in [0.1, 0.15) is 29.5 Å².